The van der Waals surface area contributed by atoms with Gasteiger partial charge in [-0.05, 0) is 65.2 Å². The Bertz CT molecular complexity index is 1650. The normalized spacial score (nSPS) is 10.9. The molecule has 3 aromatic carbocycles. The molecule has 0 bridgehead atoms. The number of amides is 1. The Labute approximate surface area is 206 Å². The molecule has 5 rings (SSSR count). The maximum absolute atomic E-state index is 12.8. The number of rotatable bonds is 6. The van der Waals surface area contributed by atoms with Crippen LogP contribution in [-0.4, -0.2) is 30.0 Å². The quantitative estimate of drug-likeness (QED) is 0.334. The molecule has 1 amide bonds. The first-order chi connectivity index (χ1) is 17.4. The van der Waals surface area contributed by atoms with Crippen LogP contribution < -0.4 is 21.5 Å². The number of hydrogen-bond acceptors (Lipinski definition) is 5. The fraction of sp³-hybridized carbons (Fsp3) is 0.107. The van der Waals surface area contributed by atoms with Crippen LogP contribution >= 0.6 is 0 Å². The van der Waals surface area contributed by atoms with Crippen molar-refractivity contribution in [1.29, 1.82) is 0 Å². The molecule has 5 aromatic rings. The number of carbonyl (C=O) groups excluding carboxylic acids is 1. The molecule has 0 saturated carbocycles. The molecule has 0 aliphatic rings. The van der Waals surface area contributed by atoms with Crippen molar-refractivity contribution >= 4 is 28.3 Å². The first-order valence-electron chi connectivity index (χ1n) is 11.4. The van der Waals surface area contributed by atoms with E-state index < -0.39 is 11.3 Å². The SMILES string of the molecule is CN(C)c1ccc2oc(=O)[nH]c(=O)c2c1Cc1ccc(C(=O)Nc2ccc(-c3ccc[nH]3)cc2)cc1. The highest BCUT2D eigenvalue weighted by molar-refractivity contribution is 6.04. The molecule has 180 valence electrons. The van der Waals surface area contributed by atoms with Gasteiger partial charge >= 0.3 is 5.76 Å². The predicted molar refractivity (Wildman–Crippen MR) is 141 cm³/mol. The van der Waals surface area contributed by atoms with Crippen LogP contribution in [0.15, 0.2) is 93.0 Å². The van der Waals surface area contributed by atoms with Gasteiger partial charge in [0.1, 0.15) is 5.58 Å². The maximum Gasteiger partial charge on any atom is 0.419 e. The van der Waals surface area contributed by atoms with Gasteiger partial charge in [-0.3, -0.25) is 14.6 Å². The number of benzene rings is 3. The van der Waals surface area contributed by atoms with E-state index in [1.165, 1.54) is 0 Å². The highest BCUT2D eigenvalue weighted by atomic mass is 16.4. The minimum Gasteiger partial charge on any atom is -0.409 e. The Kier molecular flexibility index (Phi) is 6.00. The third-order valence-corrected chi connectivity index (χ3v) is 6.03. The van der Waals surface area contributed by atoms with E-state index in [9.17, 15) is 14.4 Å². The summed E-state index contributed by atoms with van der Waals surface area (Å²) in [6.07, 6.45) is 2.29. The maximum atomic E-state index is 12.8. The molecule has 0 atom stereocenters. The fourth-order valence-electron chi connectivity index (χ4n) is 4.25. The molecule has 0 radical (unpaired) electrons. The summed E-state index contributed by atoms with van der Waals surface area (Å²) in [6.45, 7) is 0. The molecule has 0 unspecified atom stereocenters. The molecular formula is C28H24N4O4. The lowest BCUT2D eigenvalue weighted by atomic mass is 9.98. The minimum atomic E-state index is -0.787. The smallest absolute Gasteiger partial charge is 0.409 e. The monoisotopic (exact) mass is 480 g/mol. The van der Waals surface area contributed by atoms with Crippen LogP contribution in [0.1, 0.15) is 21.5 Å². The summed E-state index contributed by atoms with van der Waals surface area (Å²) < 4.78 is 5.21. The van der Waals surface area contributed by atoms with E-state index in [0.717, 1.165) is 28.1 Å². The number of anilines is 2. The van der Waals surface area contributed by atoms with Crippen LogP contribution in [-0.2, 0) is 6.42 Å². The molecule has 8 heteroatoms. The number of aromatic nitrogens is 2. The van der Waals surface area contributed by atoms with Gasteiger partial charge in [0.2, 0.25) is 0 Å². The van der Waals surface area contributed by atoms with E-state index in [1.54, 1.807) is 18.2 Å². The molecule has 0 aliphatic heterocycles. The Balaban J connectivity index is 1.37. The lowest BCUT2D eigenvalue weighted by molar-refractivity contribution is 0.102. The highest BCUT2D eigenvalue weighted by Gasteiger charge is 2.16. The van der Waals surface area contributed by atoms with Gasteiger partial charge in [0.15, 0.2) is 0 Å². The summed E-state index contributed by atoms with van der Waals surface area (Å²) in [6, 6.07) is 22.2. The van der Waals surface area contributed by atoms with Gasteiger partial charge in [0, 0.05) is 49.3 Å². The second-order valence-corrected chi connectivity index (χ2v) is 8.66. The molecule has 2 aromatic heterocycles. The third-order valence-electron chi connectivity index (χ3n) is 6.03. The second-order valence-electron chi connectivity index (χ2n) is 8.66. The number of hydrogen-bond donors (Lipinski definition) is 3. The summed E-state index contributed by atoms with van der Waals surface area (Å²) in [7, 11) is 3.77. The summed E-state index contributed by atoms with van der Waals surface area (Å²) >= 11 is 0. The Morgan fingerprint density at radius 2 is 1.69 bits per heavy atom. The summed E-state index contributed by atoms with van der Waals surface area (Å²) in [5, 5.41) is 3.26. The van der Waals surface area contributed by atoms with Crippen LogP contribution in [0.2, 0.25) is 0 Å². The number of nitrogens with one attached hydrogen (secondary N) is 3. The van der Waals surface area contributed by atoms with Crippen LogP contribution in [0.4, 0.5) is 11.4 Å². The minimum absolute atomic E-state index is 0.216. The summed E-state index contributed by atoms with van der Waals surface area (Å²) in [5.74, 6) is -1.00. The molecule has 36 heavy (non-hydrogen) atoms. The van der Waals surface area contributed by atoms with Crippen molar-refractivity contribution in [3.05, 3.63) is 117 Å². The first kappa shape index (κ1) is 22.9. The van der Waals surface area contributed by atoms with E-state index in [-0.39, 0.29) is 11.5 Å². The topological polar surface area (TPSA) is 111 Å². The fourth-order valence-corrected chi connectivity index (χ4v) is 4.25. The van der Waals surface area contributed by atoms with Gasteiger partial charge in [-0.15, -0.1) is 0 Å². The molecule has 2 heterocycles. The van der Waals surface area contributed by atoms with Crippen LogP contribution in [0.25, 0.3) is 22.2 Å². The zero-order chi connectivity index (χ0) is 25.2. The predicted octanol–water partition coefficient (Wildman–Crippen LogP) is 4.39. The van der Waals surface area contributed by atoms with E-state index in [4.69, 9.17) is 4.42 Å². The van der Waals surface area contributed by atoms with Crippen molar-refractivity contribution in [2.75, 3.05) is 24.3 Å². The average molecular weight is 481 g/mol. The number of nitrogens with zero attached hydrogens (tertiary/aromatic N) is 1. The van der Waals surface area contributed by atoms with Gasteiger partial charge in [0.25, 0.3) is 11.5 Å². The van der Waals surface area contributed by atoms with Gasteiger partial charge < -0.3 is 19.6 Å². The van der Waals surface area contributed by atoms with E-state index in [1.807, 2.05) is 79.8 Å². The van der Waals surface area contributed by atoms with Crippen molar-refractivity contribution in [3.63, 3.8) is 0 Å². The molecule has 8 nitrogen and oxygen atoms in total. The first-order valence-corrected chi connectivity index (χ1v) is 11.4. The molecule has 0 saturated heterocycles. The molecular weight excluding hydrogens is 456 g/mol. The van der Waals surface area contributed by atoms with Gasteiger partial charge in [-0.1, -0.05) is 24.3 Å². The van der Waals surface area contributed by atoms with Crippen molar-refractivity contribution in [1.82, 2.24) is 9.97 Å². The second kappa shape index (κ2) is 9.42. The van der Waals surface area contributed by atoms with E-state index in [0.29, 0.717) is 23.1 Å². The average Bonchev–Trinajstić information content (AvgIpc) is 3.39. The number of fused-ring (bicyclic) bond motifs is 1. The molecule has 3 N–H and O–H groups in total. The Hall–Kier alpha value is -4.85. The molecule has 0 spiro atoms. The van der Waals surface area contributed by atoms with Gasteiger partial charge in [-0.2, -0.15) is 0 Å². The summed E-state index contributed by atoms with van der Waals surface area (Å²) in [4.78, 5) is 44.3. The van der Waals surface area contributed by atoms with Crippen molar-refractivity contribution in [2.24, 2.45) is 0 Å². The largest absolute Gasteiger partial charge is 0.419 e. The van der Waals surface area contributed by atoms with Gasteiger partial charge in [0.05, 0.1) is 5.39 Å². The highest BCUT2D eigenvalue weighted by Crippen LogP contribution is 2.28. The lowest BCUT2D eigenvalue weighted by Crippen LogP contribution is -2.21. The van der Waals surface area contributed by atoms with Crippen molar-refractivity contribution in [3.8, 4) is 11.3 Å². The Morgan fingerprint density at radius 3 is 2.36 bits per heavy atom. The molecule has 0 fully saturated rings. The number of carbonyl (C=O) groups is 1. The van der Waals surface area contributed by atoms with E-state index >= 15 is 0 Å². The molecule has 0 aliphatic carbocycles. The zero-order valence-corrected chi connectivity index (χ0v) is 19.8. The number of H-pyrrole nitrogens is 2. The Morgan fingerprint density at radius 1 is 0.944 bits per heavy atom. The van der Waals surface area contributed by atoms with Crippen LogP contribution in [0.5, 0.6) is 0 Å². The third kappa shape index (κ3) is 4.56. The zero-order valence-electron chi connectivity index (χ0n) is 19.8. The van der Waals surface area contributed by atoms with Crippen LogP contribution in [0.3, 0.4) is 0 Å². The van der Waals surface area contributed by atoms with Gasteiger partial charge in [-0.25, -0.2) is 4.79 Å². The number of aromatic amines is 2. The van der Waals surface area contributed by atoms with Crippen LogP contribution in [0, 0.1) is 0 Å². The van der Waals surface area contributed by atoms with Crippen molar-refractivity contribution < 1.29 is 9.21 Å². The lowest BCUT2D eigenvalue weighted by Gasteiger charge is -2.19. The summed E-state index contributed by atoms with van der Waals surface area (Å²) in [5.41, 5.74) is 5.49. The standard InChI is InChI=1S/C28H24N4O4/c1-32(2)23-13-14-24-25(27(34)31-28(35)36-24)21(23)16-17-5-7-19(8-6-17)26(33)30-20-11-9-18(10-12-20)22-4-3-15-29-22/h3-15,29H,16H2,1-2H3,(H,30,33)(H,31,34,35). The van der Waals surface area contributed by atoms with Crippen molar-refractivity contribution in [2.45, 2.75) is 6.42 Å². The van der Waals surface area contributed by atoms with E-state index in [2.05, 4.69) is 15.3 Å².